The summed E-state index contributed by atoms with van der Waals surface area (Å²) >= 11 is 0. The molecule has 0 fully saturated rings. The van der Waals surface area contributed by atoms with Gasteiger partial charge in [0.1, 0.15) is 11.1 Å². The lowest BCUT2D eigenvalue weighted by atomic mass is 10.0. The van der Waals surface area contributed by atoms with Gasteiger partial charge in [0.05, 0.1) is 0 Å². The molecule has 102 valence electrons. The summed E-state index contributed by atoms with van der Waals surface area (Å²) in [5.74, 6) is -1.44. The topological polar surface area (TPSA) is 88.4 Å². The normalized spacial score (nSPS) is 15.3. The standard InChI is InChI=1S/C11H18N2O4S/c1-4-8(2)10(11(14)15)12-18(16,17)9-6-5-7-13(9)3/h5-8,10,12H,4H2,1-3H3,(H,14,15)/t8-,10-/m0/s1. The van der Waals surface area contributed by atoms with Gasteiger partial charge >= 0.3 is 5.97 Å². The Kier molecular flexibility index (Phi) is 4.53. The number of nitrogens with zero attached hydrogens (tertiary/aromatic N) is 1. The third-order valence-electron chi connectivity index (χ3n) is 2.93. The van der Waals surface area contributed by atoms with Gasteiger partial charge < -0.3 is 9.67 Å². The van der Waals surface area contributed by atoms with Gasteiger partial charge in [0.2, 0.25) is 0 Å². The molecule has 18 heavy (non-hydrogen) atoms. The molecule has 2 atom stereocenters. The minimum atomic E-state index is -3.81. The Morgan fingerprint density at radius 2 is 2.17 bits per heavy atom. The molecule has 1 aromatic rings. The predicted octanol–water partition coefficient (Wildman–Crippen LogP) is 0.803. The van der Waals surface area contributed by atoms with Crippen LogP contribution in [0.4, 0.5) is 0 Å². The Morgan fingerprint density at radius 1 is 1.56 bits per heavy atom. The minimum absolute atomic E-state index is 0.0528. The van der Waals surface area contributed by atoms with Crippen molar-refractivity contribution in [2.45, 2.75) is 31.3 Å². The van der Waals surface area contributed by atoms with Crippen molar-refractivity contribution in [1.82, 2.24) is 9.29 Å². The number of aromatic nitrogens is 1. The van der Waals surface area contributed by atoms with Gasteiger partial charge in [0, 0.05) is 13.2 Å². The van der Waals surface area contributed by atoms with Crippen LogP contribution in [0.3, 0.4) is 0 Å². The third-order valence-corrected chi connectivity index (χ3v) is 4.47. The maximum Gasteiger partial charge on any atom is 0.322 e. The van der Waals surface area contributed by atoms with E-state index in [-0.39, 0.29) is 10.9 Å². The lowest BCUT2D eigenvalue weighted by Crippen LogP contribution is -2.45. The number of hydrogen-bond donors (Lipinski definition) is 2. The van der Waals surface area contributed by atoms with Crippen LogP contribution in [0.2, 0.25) is 0 Å². The number of carboxylic acid groups (broad SMARTS) is 1. The van der Waals surface area contributed by atoms with Crippen molar-refractivity contribution in [1.29, 1.82) is 0 Å². The fraction of sp³-hybridized carbons (Fsp3) is 0.545. The highest BCUT2D eigenvalue weighted by atomic mass is 32.2. The molecule has 0 spiro atoms. The van der Waals surface area contributed by atoms with Gasteiger partial charge in [0.25, 0.3) is 10.0 Å². The van der Waals surface area contributed by atoms with Crippen LogP contribution in [-0.2, 0) is 21.9 Å². The van der Waals surface area contributed by atoms with Crippen LogP contribution in [0.5, 0.6) is 0 Å². The molecule has 1 heterocycles. The highest BCUT2D eigenvalue weighted by Gasteiger charge is 2.30. The van der Waals surface area contributed by atoms with E-state index in [0.717, 1.165) is 0 Å². The molecular formula is C11H18N2O4S. The number of nitrogens with one attached hydrogen (secondary N) is 1. The third kappa shape index (κ3) is 3.11. The molecule has 7 heteroatoms. The number of rotatable bonds is 6. The highest BCUT2D eigenvalue weighted by Crippen LogP contribution is 2.14. The van der Waals surface area contributed by atoms with Gasteiger partial charge in [-0.1, -0.05) is 20.3 Å². The predicted molar refractivity (Wildman–Crippen MR) is 66.6 cm³/mol. The fourth-order valence-corrected chi connectivity index (χ4v) is 3.08. The van der Waals surface area contributed by atoms with E-state index in [2.05, 4.69) is 4.72 Å². The molecule has 6 nitrogen and oxygen atoms in total. The molecule has 0 saturated carbocycles. The van der Waals surface area contributed by atoms with Crippen molar-refractivity contribution in [3.63, 3.8) is 0 Å². The number of carboxylic acids is 1. The molecule has 0 radical (unpaired) electrons. The van der Waals surface area contributed by atoms with E-state index in [0.29, 0.717) is 6.42 Å². The van der Waals surface area contributed by atoms with E-state index in [1.54, 1.807) is 26.2 Å². The van der Waals surface area contributed by atoms with Gasteiger partial charge in [0.15, 0.2) is 0 Å². The van der Waals surface area contributed by atoms with Crippen molar-refractivity contribution >= 4 is 16.0 Å². The largest absolute Gasteiger partial charge is 0.480 e. The zero-order chi connectivity index (χ0) is 13.9. The van der Waals surface area contributed by atoms with Crippen LogP contribution in [0.15, 0.2) is 23.4 Å². The number of aliphatic carboxylic acids is 1. The lowest BCUT2D eigenvalue weighted by molar-refractivity contribution is -0.140. The molecule has 0 unspecified atom stereocenters. The van der Waals surface area contributed by atoms with Gasteiger partial charge in [-0.25, -0.2) is 8.42 Å². The first-order chi connectivity index (χ1) is 8.29. The van der Waals surface area contributed by atoms with Gasteiger partial charge in [-0.3, -0.25) is 4.79 Å². The van der Waals surface area contributed by atoms with E-state index in [1.165, 1.54) is 10.6 Å². The second kappa shape index (κ2) is 5.53. The Bertz CT molecular complexity index is 521. The van der Waals surface area contributed by atoms with Crippen LogP contribution in [-0.4, -0.2) is 30.1 Å². The smallest absolute Gasteiger partial charge is 0.322 e. The molecule has 0 amide bonds. The second-order valence-electron chi connectivity index (χ2n) is 4.28. The number of hydrogen-bond acceptors (Lipinski definition) is 3. The summed E-state index contributed by atoms with van der Waals surface area (Å²) in [6.07, 6.45) is 2.17. The van der Waals surface area contributed by atoms with Crippen molar-refractivity contribution in [3.05, 3.63) is 18.3 Å². The zero-order valence-electron chi connectivity index (χ0n) is 10.6. The number of aryl methyl sites for hydroxylation is 1. The summed E-state index contributed by atoms with van der Waals surface area (Å²) in [6, 6.07) is 1.90. The van der Waals surface area contributed by atoms with Gasteiger partial charge in [-0.15, -0.1) is 0 Å². The Labute approximate surface area is 107 Å². The summed E-state index contributed by atoms with van der Waals surface area (Å²) in [6.45, 7) is 3.52. The van der Waals surface area contributed by atoms with Crippen LogP contribution in [0.1, 0.15) is 20.3 Å². The summed E-state index contributed by atoms with van der Waals surface area (Å²) in [7, 11) is -2.22. The molecule has 1 rings (SSSR count). The average molecular weight is 274 g/mol. The van der Waals surface area contributed by atoms with Crippen LogP contribution in [0.25, 0.3) is 0 Å². The van der Waals surface area contributed by atoms with Crippen LogP contribution in [0, 0.1) is 5.92 Å². The molecular weight excluding hydrogens is 256 g/mol. The van der Waals surface area contributed by atoms with Crippen molar-refractivity contribution < 1.29 is 18.3 Å². The number of sulfonamides is 1. The zero-order valence-corrected chi connectivity index (χ0v) is 11.4. The number of carbonyl (C=O) groups is 1. The molecule has 0 saturated heterocycles. The first-order valence-electron chi connectivity index (χ1n) is 5.66. The van der Waals surface area contributed by atoms with E-state index >= 15 is 0 Å². The Morgan fingerprint density at radius 3 is 2.56 bits per heavy atom. The molecule has 0 aromatic carbocycles. The molecule has 0 aliphatic rings. The second-order valence-corrected chi connectivity index (χ2v) is 5.94. The fourth-order valence-electron chi connectivity index (χ4n) is 1.60. The van der Waals surface area contributed by atoms with Gasteiger partial charge in [-0.2, -0.15) is 4.72 Å². The maximum atomic E-state index is 12.1. The summed E-state index contributed by atoms with van der Waals surface area (Å²) in [5, 5.41) is 9.12. The van der Waals surface area contributed by atoms with E-state index in [1.807, 2.05) is 6.92 Å². The first-order valence-corrected chi connectivity index (χ1v) is 7.14. The summed E-state index contributed by atoms with van der Waals surface area (Å²) < 4.78 is 27.8. The Balaban J connectivity index is 3.01. The van der Waals surface area contributed by atoms with E-state index < -0.39 is 22.0 Å². The van der Waals surface area contributed by atoms with Crippen molar-refractivity contribution in [2.24, 2.45) is 13.0 Å². The minimum Gasteiger partial charge on any atom is -0.480 e. The summed E-state index contributed by atoms with van der Waals surface area (Å²) in [5.41, 5.74) is 0. The van der Waals surface area contributed by atoms with Crippen LogP contribution >= 0.6 is 0 Å². The quantitative estimate of drug-likeness (QED) is 0.803. The summed E-state index contributed by atoms with van der Waals surface area (Å²) in [4.78, 5) is 11.1. The van der Waals surface area contributed by atoms with Crippen molar-refractivity contribution in [2.75, 3.05) is 0 Å². The van der Waals surface area contributed by atoms with Gasteiger partial charge in [-0.05, 0) is 18.1 Å². The lowest BCUT2D eigenvalue weighted by Gasteiger charge is -2.20. The SMILES string of the molecule is CC[C@H](C)[C@H](NS(=O)(=O)c1cccn1C)C(=O)O. The molecule has 0 aliphatic carbocycles. The van der Waals surface area contributed by atoms with Crippen LogP contribution < -0.4 is 4.72 Å². The van der Waals surface area contributed by atoms with E-state index in [9.17, 15) is 13.2 Å². The molecule has 0 bridgehead atoms. The Hall–Kier alpha value is -1.34. The average Bonchev–Trinajstić information content (AvgIpc) is 2.72. The maximum absolute atomic E-state index is 12.1. The monoisotopic (exact) mass is 274 g/mol. The highest BCUT2D eigenvalue weighted by molar-refractivity contribution is 7.89. The van der Waals surface area contributed by atoms with E-state index in [4.69, 9.17) is 5.11 Å². The van der Waals surface area contributed by atoms with Crippen molar-refractivity contribution in [3.8, 4) is 0 Å². The first kappa shape index (κ1) is 14.7. The molecule has 2 N–H and O–H groups in total. The molecule has 0 aliphatic heterocycles. The molecule has 1 aromatic heterocycles.